The summed E-state index contributed by atoms with van der Waals surface area (Å²) in [6.45, 7) is 8.22. The predicted molar refractivity (Wildman–Crippen MR) is 225 cm³/mol. The van der Waals surface area contributed by atoms with Crippen LogP contribution in [0.15, 0.2) is 138 Å². The van der Waals surface area contributed by atoms with Crippen LogP contribution in [0.4, 0.5) is 0 Å². The van der Waals surface area contributed by atoms with Crippen LogP contribution < -0.4 is 0 Å². The molecule has 2 aliphatic carbocycles. The van der Waals surface area contributed by atoms with Crippen molar-refractivity contribution in [3.63, 3.8) is 0 Å². The van der Waals surface area contributed by atoms with E-state index in [9.17, 15) is 0 Å². The summed E-state index contributed by atoms with van der Waals surface area (Å²) in [6.07, 6.45) is 14.5. The summed E-state index contributed by atoms with van der Waals surface area (Å²) in [4.78, 5) is 23.5. The Hall–Kier alpha value is -6.73. The van der Waals surface area contributed by atoms with Gasteiger partial charge in [-0.05, 0) is 131 Å². The molecule has 2 aliphatic rings. The van der Waals surface area contributed by atoms with Crippen LogP contribution in [0.1, 0.15) is 33.4 Å². The molecule has 4 heterocycles. The Morgan fingerprint density at radius 3 is 1.81 bits per heavy atom. The zero-order valence-electron chi connectivity index (χ0n) is 30.1. The van der Waals surface area contributed by atoms with E-state index in [2.05, 4.69) is 110 Å². The van der Waals surface area contributed by atoms with Crippen molar-refractivity contribution in [2.45, 2.75) is 32.2 Å². The summed E-state index contributed by atoms with van der Waals surface area (Å²) in [5.41, 5.74) is 15.4. The average molecular weight is 700 g/mol. The second-order valence-corrected chi connectivity index (χ2v) is 14.0. The highest BCUT2D eigenvalue weighted by Crippen LogP contribution is 2.51. The van der Waals surface area contributed by atoms with E-state index < -0.39 is 0 Å². The van der Waals surface area contributed by atoms with E-state index in [0.29, 0.717) is 12.4 Å². The van der Waals surface area contributed by atoms with E-state index in [1.54, 1.807) is 31.6 Å². The molecule has 0 bridgehead atoms. The molecule has 0 spiro atoms. The second-order valence-electron chi connectivity index (χ2n) is 14.0. The number of amidine groups is 1. The van der Waals surface area contributed by atoms with Gasteiger partial charge in [0.25, 0.3) is 0 Å². The highest BCUT2D eigenvalue weighted by molar-refractivity contribution is 6.17. The maximum atomic E-state index is 4.90. The lowest BCUT2D eigenvalue weighted by molar-refractivity contribution is 0.881. The van der Waals surface area contributed by atoms with Gasteiger partial charge in [0.15, 0.2) is 5.84 Å². The number of hydrogen-bond acceptors (Lipinski definition) is 4. The lowest BCUT2D eigenvalue weighted by Gasteiger charge is -2.31. The lowest BCUT2D eigenvalue weighted by atomic mass is 9.74. The molecular weight excluding hydrogens is 663 g/mol. The Kier molecular flexibility index (Phi) is 7.54. The van der Waals surface area contributed by atoms with Gasteiger partial charge in [-0.1, -0.05) is 43.5 Å². The average Bonchev–Trinajstić information content (AvgIpc) is 3.72. The molecule has 8 aromatic rings. The summed E-state index contributed by atoms with van der Waals surface area (Å²) in [7, 11) is 1.79. The molecule has 0 aliphatic heterocycles. The van der Waals surface area contributed by atoms with Gasteiger partial charge in [-0.3, -0.25) is 19.1 Å². The number of rotatable bonds is 7. The van der Waals surface area contributed by atoms with E-state index in [4.69, 9.17) is 9.97 Å². The Balaban J connectivity index is 1.28. The van der Waals surface area contributed by atoms with Crippen molar-refractivity contribution >= 4 is 61.9 Å². The summed E-state index contributed by atoms with van der Waals surface area (Å²) in [6, 6.07) is 30.6. The zero-order chi connectivity index (χ0) is 36.3. The molecule has 260 valence electrons. The first-order valence-electron chi connectivity index (χ1n) is 18.5. The van der Waals surface area contributed by atoms with Crippen LogP contribution in [-0.4, -0.2) is 44.4 Å². The first kappa shape index (κ1) is 32.0. The van der Waals surface area contributed by atoms with Crippen LogP contribution in [0.3, 0.4) is 0 Å². The largest absolute Gasteiger partial charge is 0.293 e. The predicted octanol–water partition coefficient (Wildman–Crippen LogP) is 9.92. The number of aryl methyl sites for hydroxylation is 4. The maximum absolute atomic E-state index is 4.90. The van der Waals surface area contributed by atoms with E-state index >= 15 is 0 Å². The molecule has 0 amide bonds. The van der Waals surface area contributed by atoms with Crippen molar-refractivity contribution in [1.82, 2.24) is 19.1 Å². The van der Waals surface area contributed by atoms with Gasteiger partial charge in [-0.2, -0.15) is 0 Å². The fourth-order valence-corrected chi connectivity index (χ4v) is 9.01. The van der Waals surface area contributed by atoms with Gasteiger partial charge in [0.2, 0.25) is 0 Å². The van der Waals surface area contributed by atoms with Crippen molar-refractivity contribution in [1.29, 1.82) is 0 Å². The zero-order valence-corrected chi connectivity index (χ0v) is 30.1. The fraction of sp³-hybridized carbons (Fsp3) is 0.128. The number of allylic oxidation sites excluding steroid dienone is 2. The van der Waals surface area contributed by atoms with Crippen LogP contribution in [0.2, 0.25) is 0 Å². The fourth-order valence-electron chi connectivity index (χ4n) is 9.01. The number of fused-ring (bicyclic) bond motifs is 8. The van der Waals surface area contributed by atoms with Crippen molar-refractivity contribution in [3.8, 4) is 22.8 Å². The third kappa shape index (κ3) is 4.78. The van der Waals surface area contributed by atoms with Crippen molar-refractivity contribution in [2.24, 2.45) is 15.0 Å². The van der Waals surface area contributed by atoms with Crippen LogP contribution in [0.5, 0.6) is 0 Å². The van der Waals surface area contributed by atoms with E-state index in [1.165, 1.54) is 77.0 Å². The number of pyridine rings is 2. The Morgan fingerprint density at radius 2 is 1.26 bits per heavy atom. The summed E-state index contributed by atoms with van der Waals surface area (Å²) in [5.74, 6) is 2.52. The summed E-state index contributed by atoms with van der Waals surface area (Å²) >= 11 is 0. The molecule has 4 aromatic carbocycles. The molecule has 7 heteroatoms. The van der Waals surface area contributed by atoms with Crippen molar-refractivity contribution in [2.75, 3.05) is 7.05 Å². The van der Waals surface area contributed by atoms with Gasteiger partial charge in [0.05, 0.1) is 28.6 Å². The van der Waals surface area contributed by atoms with Crippen LogP contribution in [0, 0.1) is 0 Å². The highest BCUT2D eigenvalue weighted by Gasteiger charge is 2.33. The molecule has 0 fully saturated rings. The molecule has 4 aromatic heterocycles. The van der Waals surface area contributed by atoms with E-state index in [0.717, 1.165) is 48.4 Å². The highest BCUT2D eigenvalue weighted by atomic mass is 15.1. The van der Waals surface area contributed by atoms with Gasteiger partial charge in [-0.25, -0.2) is 15.0 Å². The SMILES string of the molecule is C=CC=NCc1ccc2c(c1)c1cc3c4c(c1n2-c1ccccn1)CCc1cc2c5cc(C(N=CC=C)=NC)ccc5n(-c5ccccn5)c2c(c1-4)CC3. The van der Waals surface area contributed by atoms with Crippen LogP contribution in [-0.2, 0) is 32.2 Å². The van der Waals surface area contributed by atoms with Crippen LogP contribution >= 0.6 is 0 Å². The molecule has 0 N–H and O–H groups in total. The molecule has 0 atom stereocenters. The summed E-state index contributed by atoms with van der Waals surface area (Å²) in [5, 5.41) is 4.95. The third-order valence-corrected chi connectivity index (χ3v) is 11.1. The molecule has 0 unspecified atom stereocenters. The van der Waals surface area contributed by atoms with Gasteiger partial charge in [-0.15, -0.1) is 0 Å². The number of benzene rings is 4. The van der Waals surface area contributed by atoms with Crippen LogP contribution in [0.25, 0.3) is 66.4 Å². The molecule has 54 heavy (non-hydrogen) atoms. The number of nitrogens with zero attached hydrogens (tertiary/aromatic N) is 7. The van der Waals surface area contributed by atoms with Gasteiger partial charge >= 0.3 is 0 Å². The van der Waals surface area contributed by atoms with Gasteiger partial charge in [0.1, 0.15) is 11.6 Å². The van der Waals surface area contributed by atoms with Crippen molar-refractivity contribution < 1.29 is 0 Å². The minimum absolute atomic E-state index is 0.614. The monoisotopic (exact) mass is 699 g/mol. The smallest absolute Gasteiger partial charge is 0.154 e. The molecule has 0 radical (unpaired) electrons. The van der Waals surface area contributed by atoms with E-state index in [1.807, 2.05) is 24.5 Å². The molecule has 0 saturated heterocycles. The normalized spacial score (nSPS) is 13.9. The quantitative estimate of drug-likeness (QED) is 0.123. The lowest BCUT2D eigenvalue weighted by Crippen LogP contribution is -2.16. The van der Waals surface area contributed by atoms with Gasteiger partial charge in [0, 0.05) is 59.0 Å². The Labute approximate surface area is 313 Å². The van der Waals surface area contributed by atoms with Gasteiger partial charge < -0.3 is 0 Å². The number of hydrogen-bond donors (Lipinski definition) is 0. The minimum atomic E-state index is 0.614. The Morgan fingerprint density at radius 1 is 0.667 bits per heavy atom. The molecule has 0 saturated carbocycles. The number of aromatic nitrogens is 4. The molecule has 10 rings (SSSR count). The minimum Gasteiger partial charge on any atom is -0.293 e. The Bertz CT molecular complexity index is 2940. The maximum Gasteiger partial charge on any atom is 0.154 e. The van der Waals surface area contributed by atoms with E-state index in [-0.39, 0.29) is 0 Å². The first-order chi connectivity index (χ1) is 26.7. The molecule has 7 nitrogen and oxygen atoms in total. The topological polar surface area (TPSA) is 72.7 Å². The second kappa shape index (κ2) is 12.7. The molecular formula is C47H37N7. The number of aliphatic imine (C=N–C) groups is 3. The van der Waals surface area contributed by atoms with Crippen molar-refractivity contribution in [3.05, 3.63) is 156 Å². The summed E-state index contributed by atoms with van der Waals surface area (Å²) < 4.78 is 4.77. The first-order valence-corrected chi connectivity index (χ1v) is 18.5. The third-order valence-electron chi connectivity index (χ3n) is 11.1. The standard InChI is InChI=1S/C47H37N7/c1-4-20-49-28-29-12-18-39-35(24-29)37-25-30-13-17-34-44-31(14-16-33(43(30)44)45(37)53(39)41-10-6-8-22-50-41)26-38-36-27-32(47(48-3)52-21-5-2)15-19-40(36)54(46(34)38)42-11-7-9-23-51-42/h4-12,15,18-27H,1-2,13-14,16-17,28H2,3H3.